The van der Waals surface area contributed by atoms with Crippen LogP contribution >= 0.6 is 14.3 Å². The van der Waals surface area contributed by atoms with Crippen LogP contribution in [0.4, 0.5) is 0 Å². The van der Waals surface area contributed by atoms with Gasteiger partial charge in [-0.3, -0.25) is 0 Å². The summed E-state index contributed by atoms with van der Waals surface area (Å²) in [4.78, 5) is 0. The molecule has 0 radical (unpaired) electrons. The average molecular weight is 715 g/mol. The smallest absolute Gasteiger partial charge is 0.172 e. The predicted molar refractivity (Wildman–Crippen MR) is 219 cm³/mol. The van der Waals surface area contributed by atoms with Crippen LogP contribution in [-0.2, 0) is 9.13 Å². The second kappa shape index (κ2) is 13.8. The van der Waals surface area contributed by atoms with Crippen LogP contribution < -0.4 is 41.3 Å². The molecule has 0 fully saturated rings. The van der Waals surface area contributed by atoms with E-state index >= 15 is 9.13 Å². The summed E-state index contributed by atoms with van der Waals surface area (Å²) in [5.41, 5.74) is 1.16. The second-order valence-corrected chi connectivity index (χ2v) is 18.0. The molecule has 0 heterocycles. The van der Waals surface area contributed by atoms with Gasteiger partial charge in [0.05, 0.1) is 14.2 Å². The number of hydrogen-bond acceptors (Lipinski definition) is 4. The predicted octanol–water partition coefficient (Wildman–Crippen LogP) is 8.96. The van der Waals surface area contributed by atoms with Crippen molar-refractivity contribution in [2.75, 3.05) is 14.2 Å². The Bertz CT molecular complexity index is 2470. The monoisotopic (exact) mass is 714 g/mol. The Balaban J connectivity index is 1.54. The Hall–Kier alpha value is -5.66. The number of hydrogen-bond donors (Lipinski definition) is 0. The maximum atomic E-state index is 16.6. The molecule has 0 amide bonds. The van der Waals surface area contributed by atoms with Crippen LogP contribution in [-0.4, -0.2) is 14.2 Å². The first-order valence-corrected chi connectivity index (χ1v) is 20.5. The third-order valence-corrected chi connectivity index (χ3v) is 16.1. The van der Waals surface area contributed by atoms with Gasteiger partial charge in [0.15, 0.2) is 14.3 Å². The van der Waals surface area contributed by atoms with Crippen molar-refractivity contribution in [3.8, 4) is 22.6 Å². The van der Waals surface area contributed by atoms with Crippen LogP contribution in [0, 0.1) is 0 Å². The normalized spacial score (nSPS) is 13.7. The highest BCUT2D eigenvalue weighted by molar-refractivity contribution is 7.86. The zero-order valence-corrected chi connectivity index (χ0v) is 30.6. The summed E-state index contributed by atoms with van der Waals surface area (Å²) in [6.45, 7) is 0. The van der Waals surface area contributed by atoms with Gasteiger partial charge in [0.2, 0.25) is 0 Å². The fourth-order valence-electron chi connectivity index (χ4n) is 7.46. The fourth-order valence-corrected chi connectivity index (χ4v) is 13.6. The van der Waals surface area contributed by atoms with E-state index in [4.69, 9.17) is 9.47 Å². The highest BCUT2D eigenvalue weighted by Gasteiger charge is 2.40. The van der Waals surface area contributed by atoms with E-state index in [9.17, 15) is 0 Å². The summed E-state index contributed by atoms with van der Waals surface area (Å²) in [5, 5.41) is 7.69. The SMILES string of the molecule is COc1cccc([P@](=O)(c2ccccc2)c2cccc3ccccc23)c1-c1c(OC)cccc1[P@](=O)(c1ccccc1)c1cccc2ccccc12. The van der Waals surface area contributed by atoms with Crippen molar-refractivity contribution >= 4 is 67.7 Å². The number of fused-ring (bicyclic) bond motifs is 2. The first kappa shape index (κ1) is 33.5. The van der Waals surface area contributed by atoms with E-state index in [2.05, 4.69) is 0 Å². The van der Waals surface area contributed by atoms with E-state index in [0.29, 0.717) is 54.5 Å². The van der Waals surface area contributed by atoms with E-state index in [1.54, 1.807) is 14.2 Å². The van der Waals surface area contributed by atoms with Gasteiger partial charge in [0.1, 0.15) is 11.5 Å². The maximum Gasteiger partial charge on any atom is 0.172 e. The molecule has 0 bridgehead atoms. The van der Waals surface area contributed by atoms with Gasteiger partial charge in [-0.15, -0.1) is 0 Å². The summed E-state index contributed by atoms with van der Waals surface area (Å²) in [6, 6.07) is 58.7. The van der Waals surface area contributed by atoms with Crippen molar-refractivity contribution in [1.82, 2.24) is 0 Å². The minimum atomic E-state index is -3.68. The molecule has 4 nitrogen and oxygen atoms in total. The van der Waals surface area contributed by atoms with E-state index in [1.165, 1.54) is 0 Å². The van der Waals surface area contributed by atoms with Crippen molar-refractivity contribution in [2.24, 2.45) is 0 Å². The first-order chi connectivity index (χ1) is 25.5. The Labute approximate surface area is 304 Å². The summed E-state index contributed by atoms with van der Waals surface area (Å²) in [6.07, 6.45) is 0. The van der Waals surface area contributed by atoms with Gasteiger partial charge in [-0.2, -0.15) is 0 Å². The van der Waals surface area contributed by atoms with Crippen molar-refractivity contribution in [3.63, 3.8) is 0 Å². The molecule has 0 aliphatic rings. The number of methoxy groups -OCH3 is 2. The van der Waals surface area contributed by atoms with Gasteiger partial charge in [-0.25, -0.2) is 0 Å². The largest absolute Gasteiger partial charge is 0.496 e. The van der Waals surface area contributed by atoms with Crippen molar-refractivity contribution in [2.45, 2.75) is 0 Å². The molecule has 0 aliphatic carbocycles. The molecule has 8 aromatic rings. The van der Waals surface area contributed by atoms with Gasteiger partial charge in [0, 0.05) is 43.0 Å². The Morgan fingerprint density at radius 3 is 1.08 bits per heavy atom. The zero-order valence-electron chi connectivity index (χ0n) is 28.8. The molecule has 0 aromatic heterocycles. The van der Waals surface area contributed by atoms with Crippen LogP contribution in [0.25, 0.3) is 32.7 Å². The van der Waals surface area contributed by atoms with E-state index < -0.39 is 14.3 Å². The Kier molecular flexibility index (Phi) is 8.89. The third-order valence-electron chi connectivity index (χ3n) is 9.83. The zero-order chi connectivity index (χ0) is 35.7. The van der Waals surface area contributed by atoms with Gasteiger partial charge < -0.3 is 18.6 Å². The van der Waals surface area contributed by atoms with Crippen LogP contribution in [0.1, 0.15) is 0 Å². The molecular weight excluding hydrogens is 678 g/mol. The minimum Gasteiger partial charge on any atom is -0.496 e. The first-order valence-electron chi connectivity index (χ1n) is 17.1. The van der Waals surface area contributed by atoms with Crippen molar-refractivity contribution in [3.05, 3.63) is 182 Å². The number of rotatable bonds is 9. The minimum absolute atomic E-state index is 0.497. The maximum absolute atomic E-state index is 16.6. The lowest BCUT2D eigenvalue weighted by Gasteiger charge is -2.29. The molecule has 8 rings (SSSR count). The van der Waals surface area contributed by atoms with Crippen LogP contribution in [0.5, 0.6) is 11.5 Å². The third kappa shape index (κ3) is 5.39. The van der Waals surface area contributed by atoms with Crippen LogP contribution in [0.3, 0.4) is 0 Å². The Morgan fingerprint density at radius 2 is 0.673 bits per heavy atom. The molecule has 0 saturated carbocycles. The second-order valence-electron chi connectivity index (χ2n) is 12.6. The Morgan fingerprint density at radius 1 is 0.346 bits per heavy atom. The molecule has 52 heavy (non-hydrogen) atoms. The van der Waals surface area contributed by atoms with Gasteiger partial charge in [-0.05, 0) is 45.8 Å². The van der Waals surface area contributed by atoms with Crippen LogP contribution in [0.2, 0.25) is 0 Å². The number of ether oxygens (including phenoxy) is 2. The van der Waals surface area contributed by atoms with Crippen molar-refractivity contribution < 1.29 is 18.6 Å². The fraction of sp³-hybridized carbons (Fsp3) is 0.0435. The molecular formula is C46H36O4P2. The molecule has 0 aliphatic heterocycles. The molecule has 254 valence electrons. The molecule has 0 unspecified atom stereocenters. The molecule has 0 N–H and O–H groups in total. The lowest BCUT2D eigenvalue weighted by molar-refractivity contribution is 0.411. The molecule has 8 aromatic carbocycles. The van der Waals surface area contributed by atoms with Crippen molar-refractivity contribution in [1.29, 1.82) is 0 Å². The molecule has 0 spiro atoms. The topological polar surface area (TPSA) is 52.6 Å². The number of benzene rings is 8. The van der Waals surface area contributed by atoms with Gasteiger partial charge in [0.25, 0.3) is 0 Å². The summed E-state index contributed by atoms with van der Waals surface area (Å²) >= 11 is 0. The summed E-state index contributed by atoms with van der Waals surface area (Å²) in [5.74, 6) is 0.995. The molecule has 6 heteroatoms. The lowest BCUT2D eigenvalue weighted by Crippen LogP contribution is -2.30. The summed E-state index contributed by atoms with van der Waals surface area (Å²) < 4.78 is 45.6. The highest BCUT2D eigenvalue weighted by atomic mass is 31.2. The quantitative estimate of drug-likeness (QED) is 0.140. The van der Waals surface area contributed by atoms with E-state index in [0.717, 1.165) is 21.5 Å². The molecule has 2 atom stereocenters. The van der Waals surface area contributed by atoms with Crippen LogP contribution in [0.15, 0.2) is 182 Å². The van der Waals surface area contributed by atoms with Gasteiger partial charge >= 0.3 is 0 Å². The van der Waals surface area contributed by atoms with E-state index in [-0.39, 0.29) is 0 Å². The van der Waals surface area contributed by atoms with Gasteiger partial charge in [-0.1, -0.05) is 158 Å². The average Bonchev–Trinajstić information content (AvgIpc) is 3.22. The van der Waals surface area contributed by atoms with E-state index in [1.807, 2.05) is 182 Å². The summed E-state index contributed by atoms with van der Waals surface area (Å²) in [7, 11) is -4.12. The lowest BCUT2D eigenvalue weighted by atomic mass is 10.0. The highest BCUT2D eigenvalue weighted by Crippen LogP contribution is 2.53. The standard InChI is InChI=1S/C46H36O4P2/c1-49-39-27-15-31-43(51(47,35-21-5-3-6-22-35)41-29-13-19-33-17-9-11-25-37(33)41)45(39)46-40(50-2)28-16-32-44(46)52(48,36-23-7-4-8-24-36)42-30-14-20-34-18-10-12-26-38(34)42/h3-32H,1-2H3/t51-,52-/m0/s1. The molecule has 0 saturated heterocycles.